The Hall–Kier alpha value is -0.910. The van der Waals surface area contributed by atoms with Crippen LogP contribution in [0.4, 0.5) is 5.69 Å². The molecule has 0 aromatic heterocycles. The molecule has 1 aromatic rings. The van der Waals surface area contributed by atoms with Gasteiger partial charge in [0.25, 0.3) is 0 Å². The van der Waals surface area contributed by atoms with Crippen molar-refractivity contribution in [3.63, 3.8) is 0 Å². The van der Waals surface area contributed by atoms with E-state index in [1.165, 1.54) is 38.5 Å². The molecular formula is C24H43NO3S. The van der Waals surface area contributed by atoms with Crippen molar-refractivity contribution in [2.75, 3.05) is 7.05 Å². The molecule has 0 radical (unpaired) electrons. The van der Waals surface area contributed by atoms with Gasteiger partial charge in [-0.3, -0.25) is 4.90 Å². The van der Waals surface area contributed by atoms with Gasteiger partial charge in [-0.25, -0.2) is 8.42 Å². The van der Waals surface area contributed by atoms with E-state index in [2.05, 4.69) is 13.8 Å². The van der Waals surface area contributed by atoms with E-state index in [0.29, 0.717) is 12.8 Å². The second kappa shape index (κ2) is 14.2. The molecular weight excluding hydrogens is 382 g/mol. The number of hydrogen-bond acceptors (Lipinski definition) is 3. The Balaban J connectivity index is 2.91. The van der Waals surface area contributed by atoms with Crippen molar-refractivity contribution in [2.24, 2.45) is 0 Å². The van der Waals surface area contributed by atoms with Crippen LogP contribution >= 0.6 is 0 Å². The molecule has 0 saturated heterocycles. The highest BCUT2D eigenvalue weighted by molar-refractivity contribution is 7.86. The number of unbranched alkanes of at least 4 members (excludes halogenated alkanes) is 10. The summed E-state index contributed by atoms with van der Waals surface area (Å²) in [5, 5.41) is 0. The molecule has 29 heavy (non-hydrogen) atoms. The summed E-state index contributed by atoms with van der Waals surface area (Å²) < 4.78 is 37.9. The van der Waals surface area contributed by atoms with E-state index in [1.807, 2.05) is 37.4 Å². The normalized spacial score (nSPS) is 13.5. The van der Waals surface area contributed by atoms with Gasteiger partial charge in [0.05, 0.1) is 7.05 Å². The summed E-state index contributed by atoms with van der Waals surface area (Å²) in [5.74, 6) is 0. The zero-order valence-electron chi connectivity index (χ0n) is 18.9. The highest BCUT2D eigenvalue weighted by atomic mass is 32.2. The van der Waals surface area contributed by atoms with Crippen molar-refractivity contribution in [1.29, 1.82) is 0 Å². The Morgan fingerprint density at radius 2 is 1.17 bits per heavy atom. The largest absolute Gasteiger partial charge is 0.743 e. The molecule has 5 heteroatoms. The summed E-state index contributed by atoms with van der Waals surface area (Å²) in [6, 6.07) is 9.61. The quantitative estimate of drug-likeness (QED) is 0.262. The molecule has 0 aliphatic carbocycles. The topological polar surface area (TPSA) is 61.6 Å². The predicted molar refractivity (Wildman–Crippen MR) is 121 cm³/mol. The Labute approximate surface area is 179 Å². The van der Waals surface area contributed by atoms with Gasteiger partial charge in [-0.1, -0.05) is 96.3 Å². The van der Waals surface area contributed by atoms with Crippen LogP contribution in [-0.2, 0) is 10.1 Å². The molecule has 0 bridgehead atoms. The lowest BCUT2D eigenvalue weighted by Gasteiger charge is -2.40. The van der Waals surface area contributed by atoms with E-state index in [-0.39, 0.29) is 0 Å². The molecule has 0 aliphatic rings. The lowest BCUT2D eigenvalue weighted by molar-refractivity contribution is -0.854. The minimum absolute atomic E-state index is 0.445. The first kappa shape index (κ1) is 26.1. The molecule has 1 atom stereocenters. The van der Waals surface area contributed by atoms with Crippen LogP contribution in [0.1, 0.15) is 104 Å². The molecule has 0 spiro atoms. The second-order valence-electron chi connectivity index (χ2n) is 8.47. The number of quaternary nitrogens is 1. The van der Waals surface area contributed by atoms with Crippen molar-refractivity contribution in [2.45, 2.75) is 109 Å². The monoisotopic (exact) mass is 425 g/mol. The third-order valence-corrected chi connectivity index (χ3v) is 7.91. The molecule has 4 nitrogen and oxygen atoms in total. The fraction of sp³-hybridized carbons (Fsp3) is 0.750. The first-order chi connectivity index (χ1) is 13.9. The maximum absolute atomic E-state index is 12.6. The van der Waals surface area contributed by atoms with Gasteiger partial charge in [-0.15, -0.1) is 0 Å². The minimum Gasteiger partial charge on any atom is -0.743 e. The number of rotatable bonds is 17. The van der Waals surface area contributed by atoms with Gasteiger partial charge in [-0.05, 0) is 25.0 Å². The predicted octanol–water partition coefficient (Wildman–Crippen LogP) is 5.58. The molecule has 1 aromatic carbocycles. The average molecular weight is 426 g/mol. The van der Waals surface area contributed by atoms with Gasteiger partial charge in [0, 0.05) is 12.8 Å². The zero-order valence-corrected chi connectivity index (χ0v) is 19.7. The number of benzene rings is 1. The van der Waals surface area contributed by atoms with Crippen molar-refractivity contribution >= 4 is 15.8 Å². The summed E-state index contributed by atoms with van der Waals surface area (Å²) in [7, 11) is -2.60. The SMILES string of the molecule is CCCCCCCCC(CCCCCCCC)([NH+](C)c1ccccc1)S(=O)(=O)[O-]. The Morgan fingerprint density at radius 1 is 0.759 bits per heavy atom. The first-order valence-corrected chi connectivity index (χ1v) is 13.1. The highest BCUT2D eigenvalue weighted by Gasteiger charge is 2.45. The smallest absolute Gasteiger partial charge is 0.191 e. The van der Waals surface area contributed by atoms with E-state index in [0.717, 1.165) is 49.1 Å². The van der Waals surface area contributed by atoms with E-state index in [1.54, 1.807) is 0 Å². The van der Waals surface area contributed by atoms with Crippen LogP contribution in [0.15, 0.2) is 30.3 Å². The van der Waals surface area contributed by atoms with Crippen LogP contribution in [0.25, 0.3) is 0 Å². The highest BCUT2D eigenvalue weighted by Crippen LogP contribution is 2.27. The van der Waals surface area contributed by atoms with Crippen LogP contribution < -0.4 is 4.90 Å². The molecule has 1 N–H and O–H groups in total. The molecule has 0 fully saturated rings. The standard InChI is InChI=1S/C24H43NO3S/c1-4-6-8-10-12-17-21-24(29(26,27)28,22-18-13-11-9-7-5-2)25(3)23-19-15-14-16-20-23/h14-16,19-20H,4-13,17-18,21-22H2,1-3H3,(H,26,27,28). The van der Waals surface area contributed by atoms with Gasteiger partial charge < -0.3 is 4.55 Å². The second-order valence-corrected chi connectivity index (χ2v) is 10.2. The molecule has 168 valence electrons. The van der Waals surface area contributed by atoms with Crippen LogP contribution in [0.5, 0.6) is 0 Å². The number of nitrogens with one attached hydrogen (secondary N) is 1. The Morgan fingerprint density at radius 3 is 1.59 bits per heavy atom. The summed E-state index contributed by atoms with van der Waals surface area (Å²) in [6.07, 6.45) is 13.9. The molecule has 1 rings (SSSR count). The van der Waals surface area contributed by atoms with E-state index in [9.17, 15) is 13.0 Å². The summed E-state index contributed by atoms with van der Waals surface area (Å²) in [4.78, 5) is -0.542. The minimum atomic E-state index is -4.46. The molecule has 1 unspecified atom stereocenters. The third-order valence-electron chi connectivity index (χ3n) is 6.24. The van der Waals surface area contributed by atoms with Crippen LogP contribution in [0, 0.1) is 0 Å². The van der Waals surface area contributed by atoms with Crippen molar-refractivity contribution in [3.05, 3.63) is 30.3 Å². The lowest BCUT2D eigenvalue weighted by Crippen LogP contribution is -3.14. The molecule has 0 heterocycles. The maximum Gasteiger partial charge on any atom is 0.191 e. The summed E-state index contributed by atoms with van der Waals surface area (Å²) in [6.45, 7) is 4.38. The van der Waals surface area contributed by atoms with Gasteiger partial charge >= 0.3 is 0 Å². The Bertz CT molecular complexity index is 615. The molecule has 0 amide bonds. The van der Waals surface area contributed by atoms with Crippen LogP contribution in [0.2, 0.25) is 0 Å². The third kappa shape index (κ3) is 8.77. The summed E-state index contributed by atoms with van der Waals surface area (Å²) >= 11 is 0. The van der Waals surface area contributed by atoms with Gasteiger partial charge in [0.15, 0.2) is 15.0 Å². The van der Waals surface area contributed by atoms with E-state index < -0.39 is 15.0 Å². The average Bonchev–Trinajstić information content (AvgIpc) is 2.70. The first-order valence-electron chi connectivity index (χ1n) is 11.7. The van der Waals surface area contributed by atoms with E-state index >= 15 is 0 Å². The van der Waals surface area contributed by atoms with Gasteiger partial charge in [0.2, 0.25) is 0 Å². The van der Waals surface area contributed by atoms with Gasteiger partial charge in [-0.2, -0.15) is 0 Å². The van der Waals surface area contributed by atoms with Crippen LogP contribution in [0.3, 0.4) is 0 Å². The summed E-state index contributed by atoms with van der Waals surface area (Å²) in [5.41, 5.74) is 0.879. The fourth-order valence-electron chi connectivity index (χ4n) is 4.27. The zero-order chi connectivity index (χ0) is 21.6. The van der Waals surface area contributed by atoms with Crippen LogP contribution in [-0.4, -0.2) is 24.9 Å². The molecule has 0 saturated carbocycles. The number of para-hydroxylation sites is 1. The lowest BCUT2D eigenvalue weighted by atomic mass is 9.97. The fourth-order valence-corrected chi connectivity index (χ4v) is 5.55. The molecule has 0 aliphatic heterocycles. The van der Waals surface area contributed by atoms with Crippen molar-refractivity contribution in [1.82, 2.24) is 0 Å². The van der Waals surface area contributed by atoms with E-state index in [4.69, 9.17) is 0 Å². The van der Waals surface area contributed by atoms with Crippen molar-refractivity contribution in [3.8, 4) is 0 Å². The number of hydrogen-bond donors (Lipinski definition) is 1. The van der Waals surface area contributed by atoms with Gasteiger partial charge in [0.1, 0.15) is 5.69 Å². The maximum atomic E-state index is 12.6. The Kier molecular flexibility index (Phi) is 12.8. The van der Waals surface area contributed by atoms with Crippen molar-refractivity contribution < 1.29 is 17.9 Å².